The van der Waals surface area contributed by atoms with Gasteiger partial charge in [-0.2, -0.15) is 20.0 Å². The Morgan fingerprint density at radius 3 is 2.22 bits per heavy atom. The summed E-state index contributed by atoms with van der Waals surface area (Å²) in [6.07, 6.45) is 17.4. The van der Waals surface area contributed by atoms with Gasteiger partial charge in [0.15, 0.2) is 22.9 Å². The minimum Gasteiger partial charge on any atom is -0.492 e. The molecule has 0 amide bonds. The Balaban J connectivity index is 1.22. The first-order chi connectivity index (χ1) is 28.1. The minimum absolute atomic E-state index is 0.0348. The van der Waals surface area contributed by atoms with Crippen molar-refractivity contribution in [1.82, 2.24) is 14.6 Å². The number of nitriles is 2. The van der Waals surface area contributed by atoms with Gasteiger partial charge >= 0.3 is 7.82 Å². The second-order valence-electron chi connectivity index (χ2n) is 14.8. The Morgan fingerprint density at radius 2 is 1.62 bits per heavy atom. The lowest BCUT2D eigenvalue weighted by molar-refractivity contribution is -0.0541. The zero-order valence-corrected chi connectivity index (χ0v) is 34.8. The molecule has 0 bridgehead atoms. The molecule has 0 spiro atoms. The number of rotatable bonds is 29. The zero-order chi connectivity index (χ0) is 41.8. The fourth-order valence-corrected chi connectivity index (χ4v) is 7.84. The summed E-state index contributed by atoms with van der Waals surface area (Å²) in [5.74, 6) is -1.33. The number of methoxy groups -OCH3 is 1. The van der Waals surface area contributed by atoms with E-state index in [1.807, 2.05) is 6.07 Å². The third-order valence-electron chi connectivity index (χ3n) is 10.3. The van der Waals surface area contributed by atoms with Gasteiger partial charge in [-0.05, 0) is 30.7 Å². The maximum Gasteiger partial charge on any atom is 0.472 e. The number of anilines is 1. The van der Waals surface area contributed by atoms with Gasteiger partial charge in [0.05, 0.1) is 44.3 Å². The third kappa shape index (κ3) is 13.9. The molecule has 1 aliphatic rings. The number of nitrogens with two attached hydrogens (primary N) is 1. The third-order valence-corrected chi connectivity index (χ3v) is 11.3. The summed E-state index contributed by atoms with van der Waals surface area (Å²) in [4.78, 5) is 14.5. The van der Waals surface area contributed by atoms with Gasteiger partial charge in [0.25, 0.3) is 0 Å². The fraction of sp³-hybridized carbons (Fsp3) is 0.659. The number of hydrogen-bond donors (Lipinski definition) is 3. The normalized spacial score (nSPS) is 19.4. The lowest BCUT2D eigenvalue weighted by atomic mass is 9.96. The van der Waals surface area contributed by atoms with Crippen molar-refractivity contribution in [2.75, 3.05) is 39.3 Å². The molecule has 58 heavy (non-hydrogen) atoms. The molecule has 1 saturated heterocycles. The van der Waals surface area contributed by atoms with E-state index in [1.165, 1.54) is 107 Å². The van der Waals surface area contributed by atoms with E-state index in [4.69, 9.17) is 33.7 Å². The summed E-state index contributed by atoms with van der Waals surface area (Å²) in [5.41, 5.74) is 4.94. The molecule has 15 nitrogen and oxygen atoms in total. The molecule has 3 aromatic rings. The number of aliphatic hydroxyl groups is 1. The Bertz CT molecular complexity index is 1840. The highest BCUT2D eigenvalue weighted by Crippen LogP contribution is 2.46. The quantitative estimate of drug-likeness (QED) is 0.0446. The number of benzene rings is 1. The maximum absolute atomic E-state index is 15.3. The smallest absolute Gasteiger partial charge is 0.472 e. The van der Waals surface area contributed by atoms with Crippen LogP contribution in [0, 0.1) is 28.5 Å². The monoisotopic (exact) mass is 830 g/mol. The number of aromatic nitrogens is 3. The largest absolute Gasteiger partial charge is 0.492 e. The molecule has 320 valence electrons. The highest BCUT2D eigenvalue weighted by atomic mass is 31.2. The summed E-state index contributed by atoms with van der Waals surface area (Å²) in [6, 6.07) is 9.71. The summed E-state index contributed by atoms with van der Waals surface area (Å²) < 4.78 is 62.8. The van der Waals surface area contributed by atoms with Crippen LogP contribution in [0.15, 0.2) is 30.6 Å². The van der Waals surface area contributed by atoms with Gasteiger partial charge in [-0.15, -0.1) is 0 Å². The standard InChI is InChI=1S/C41H60FN6O9P/c1-3-4-5-6-7-8-9-10-11-12-13-14-15-16-17-18-23-53-26-32(56-35-21-19-31(25-43)39(52-2)38(35)42)27-54-58(50,51)55-28-36-34(49)24-41(29-44,57-36)37-22-20-33-40(45)46-30-47-48(33)37/h19-22,30,32,34,36,49H,3-18,23-24,26-28H2,1-2H3,(H,50,51)(H2,45,46,47)/t32-,34+,36-,41+/m1/s1. The van der Waals surface area contributed by atoms with Gasteiger partial charge < -0.3 is 34.7 Å². The number of aliphatic hydroxyl groups excluding tert-OH is 1. The number of fused-ring (bicyclic) bond motifs is 1. The molecular formula is C41H60FN6O9P. The zero-order valence-electron chi connectivity index (χ0n) is 33.9. The predicted octanol–water partition coefficient (Wildman–Crippen LogP) is 8.06. The number of phosphoric acid groups is 1. The molecule has 5 atom stereocenters. The molecule has 1 unspecified atom stereocenters. The Kier molecular flexibility index (Phi) is 19.6. The Labute approximate surface area is 341 Å². The second-order valence-corrected chi connectivity index (χ2v) is 16.2. The first-order valence-electron chi connectivity index (χ1n) is 20.6. The van der Waals surface area contributed by atoms with Crippen LogP contribution in [0.3, 0.4) is 0 Å². The number of nitrogens with zero attached hydrogens (tertiary/aromatic N) is 5. The average molecular weight is 831 g/mol. The van der Waals surface area contributed by atoms with Crippen LogP contribution in [0.25, 0.3) is 5.52 Å². The number of hydrogen-bond acceptors (Lipinski definition) is 13. The summed E-state index contributed by atoms with van der Waals surface area (Å²) >= 11 is 0. The number of phosphoric ester groups is 1. The van der Waals surface area contributed by atoms with E-state index in [1.54, 1.807) is 12.1 Å². The molecule has 17 heteroatoms. The molecule has 1 aliphatic heterocycles. The van der Waals surface area contributed by atoms with Gasteiger partial charge in [0, 0.05) is 13.0 Å². The van der Waals surface area contributed by atoms with Crippen LogP contribution in [-0.4, -0.2) is 76.4 Å². The van der Waals surface area contributed by atoms with E-state index >= 15 is 4.39 Å². The van der Waals surface area contributed by atoms with Crippen molar-refractivity contribution in [3.05, 3.63) is 47.7 Å². The lowest BCUT2D eigenvalue weighted by Gasteiger charge is -2.23. The van der Waals surface area contributed by atoms with E-state index in [9.17, 15) is 25.1 Å². The first kappa shape index (κ1) is 46.8. The van der Waals surface area contributed by atoms with Crippen LogP contribution < -0.4 is 15.2 Å². The molecule has 4 N–H and O–H groups in total. The van der Waals surface area contributed by atoms with Gasteiger partial charge in [-0.3, -0.25) is 9.05 Å². The Hall–Kier alpha value is -3.86. The number of nitrogen functional groups attached to an aromatic ring is 1. The van der Waals surface area contributed by atoms with Crippen molar-refractivity contribution >= 4 is 19.2 Å². The first-order valence-corrected chi connectivity index (χ1v) is 22.1. The van der Waals surface area contributed by atoms with Crippen LogP contribution in [0.2, 0.25) is 0 Å². The summed E-state index contributed by atoms with van der Waals surface area (Å²) in [6.45, 7) is 1.36. The molecule has 0 aliphatic carbocycles. The molecule has 0 saturated carbocycles. The van der Waals surface area contributed by atoms with E-state index in [-0.39, 0.29) is 41.6 Å². The van der Waals surface area contributed by atoms with Gasteiger partial charge in [-0.25, -0.2) is 14.1 Å². The van der Waals surface area contributed by atoms with Crippen LogP contribution in [0.1, 0.15) is 127 Å². The molecule has 1 fully saturated rings. The molecule has 3 heterocycles. The van der Waals surface area contributed by atoms with Crippen molar-refractivity contribution in [2.45, 2.75) is 140 Å². The highest BCUT2D eigenvalue weighted by molar-refractivity contribution is 7.47. The van der Waals surface area contributed by atoms with E-state index in [2.05, 4.69) is 23.1 Å². The minimum atomic E-state index is -4.82. The number of ether oxygens (including phenoxy) is 4. The average Bonchev–Trinajstić information content (AvgIpc) is 3.81. The van der Waals surface area contributed by atoms with Crippen molar-refractivity contribution in [1.29, 1.82) is 10.5 Å². The van der Waals surface area contributed by atoms with Crippen LogP contribution >= 0.6 is 7.82 Å². The summed E-state index contributed by atoms with van der Waals surface area (Å²) in [5, 5.41) is 34.4. The van der Waals surface area contributed by atoms with Crippen molar-refractivity contribution in [3.8, 4) is 23.6 Å². The molecule has 1 aromatic carbocycles. The van der Waals surface area contributed by atoms with Crippen molar-refractivity contribution in [3.63, 3.8) is 0 Å². The molecule has 2 aromatic heterocycles. The molecule has 0 radical (unpaired) electrons. The van der Waals surface area contributed by atoms with Gasteiger partial charge in [0.2, 0.25) is 5.82 Å². The fourth-order valence-electron chi connectivity index (χ4n) is 7.07. The molecular weight excluding hydrogens is 770 g/mol. The van der Waals surface area contributed by atoms with Gasteiger partial charge in [0.1, 0.15) is 36.2 Å². The number of halogens is 1. The Morgan fingerprint density at radius 1 is 0.983 bits per heavy atom. The SMILES string of the molecule is CCCCCCCCCCCCCCCCCCOC[C@H](COP(=O)(O)OC[C@H]1O[C@@](C#N)(c2ccc3c(N)ncnn23)C[C@@H]1O)Oc1ccc(C#N)c(OC)c1F. The summed E-state index contributed by atoms with van der Waals surface area (Å²) in [7, 11) is -3.59. The van der Waals surface area contributed by atoms with Gasteiger partial charge in [-0.1, -0.05) is 103 Å². The highest BCUT2D eigenvalue weighted by Gasteiger charge is 2.50. The predicted molar refractivity (Wildman–Crippen MR) is 214 cm³/mol. The van der Waals surface area contributed by atoms with E-state index < -0.39 is 50.8 Å². The maximum atomic E-state index is 15.3. The van der Waals surface area contributed by atoms with E-state index in [0.717, 1.165) is 25.7 Å². The van der Waals surface area contributed by atoms with Crippen LogP contribution in [0.5, 0.6) is 11.5 Å². The lowest BCUT2D eigenvalue weighted by Crippen LogP contribution is -2.30. The second kappa shape index (κ2) is 24.3. The topological polar surface area (TPSA) is 217 Å². The molecule has 4 rings (SSSR count). The van der Waals surface area contributed by atoms with Crippen LogP contribution in [-0.2, 0) is 28.7 Å². The van der Waals surface area contributed by atoms with Crippen molar-refractivity contribution < 1.29 is 47.0 Å². The van der Waals surface area contributed by atoms with E-state index in [0.29, 0.717) is 12.1 Å². The van der Waals surface area contributed by atoms with Crippen LogP contribution in [0.4, 0.5) is 10.2 Å². The number of unbranched alkanes of at least 4 members (excludes halogenated alkanes) is 15. The van der Waals surface area contributed by atoms with Crippen molar-refractivity contribution in [2.24, 2.45) is 0 Å².